The lowest BCUT2D eigenvalue weighted by Crippen LogP contribution is -2.33. The number of anilines is 1. The highest BCUT2D eigenvalue weighted by Gasteiger charge is 2.29. The van der Waals surface area contributed by atoms with E-state index in [1.807, 2.05) is 18.0 Å². The molecule has 0 radical (unpaired) electrons. The maximum absolute atomic E-state index is 12.3. The second kappa shape index (κ2) is 7.72. The predicted octanol–water partition coefficient (Wildman–Crippen LogP) is 2.15. The highest BCUT2D eigenvalue weighted by Crippen LogP contribution is 2.41. The van der Waals surface area contributed by atoms with Crippen LogP contribution < -0.4 is 5.32 Å². The van der Waals surface area contributed by atoms with Crippen molar-refractivity contribution in [3.05, 3.63) is 23.4 Å². The van der Waals surface area contributed by atoms with Crippen molar-refractivity contribution in [1.29, 1.82) is 0 Å². The van der Waals surface area contributed by atoms with Gasteiger partial charge >= 0.3 is 12.0 Å². The van der Waals surface area contributed by atoms with E-state index in [1.54, 1.807) is 4.90 Å². The van der Waals surface area contributed by atoms with Gasteiger partial charge in [-0.15, -0.1) is 0 Å². The Balaban J connectivity index is 1.51. The SMILES string of the molecule is CNc1ccc(C2CC2)c(CCCN2CCN(CCC(=O)O)C2=O)n1. The molecule has 0 bridgehead atoms. The number of carbonyl (C=O) groups excluding carboxylic acids is 1. The quantitative estimate of drug-likeness (QED) is 0.715. The molecule has 0 aromatic carbocycles. The van der Waals surface area contributed by atoms with E-state index in [2.05, 4.69) is 11.4 Å². The molecule has 1 aromatic rings. The second-order valence-corrected chi connectivity index (χ2v) is 6.76. The zero-order chi connectivity index (χ0) is 17.8. The summed E-state index contributed by atoms with van der Waals surface area (Å²) in [6.45, 7) is 2.28. The lowest BCUT2D eigenvalue weighted by Gasteiger charge is -2.18. The molecule has 25 heavy (non-hydrogen) atoms. The highest BCUT2D eigenvalue weighted by molar-refractivity contribution is 5.77. The first-order valence-corrected chi connectivity index (χ1v) is 9.01. The average molecular weight is 346 g/mol. The number of hydrogen-bond donors (Lipinski definition) is 2. The molecular weight excluding hydrogens is 320 g/mol. The van der Waals surface area contributed by atoms with Crippen molar-refractivity contribution in [3.8, 4) is 0 Å². The molecule has 2 heterocycles. The predicted molar refractivity (Wildman–Crippen MR) is 94.9 cm³/mol. The molecule has 136 valence electrons. The Labute approximate surface area is 148 Å². The van der Waals surface area contributed by atoms with Gasteiger partial charge in [0.2, 0.25) is 0 Å². The Hall–Kier alpha value is -2.31. The van der Waals surface area contributed by atoms with Gasteiger partial charge in [-0.25, -0.2) is 9.78 Å². The van der Waals surface area contributed by atoms with E-state index in [9.17, 15) is 9.59 Å². The summed E-state index contributed by atoms with van der Waals surface area (Å²) in [4.78, 5) is 31.1. The number of pyridine rings is 1. The Morgan fingerprint density at radius 3 is 2.64 bits per heavy atom. The van der Waals surface area contributed by atoms with Gasteiger partial charge in [-0.3, -0.25) is 4.79 Å². The van der Waals surface area contributed by atoms with Crippen LogP contribution >= 0.6 is 0 Å². The van der Waals surface area contributed by atoms with Crippen molar-refractivity contribution >= 4 is 17.8 Å². The first kappa shape index (κ1) is 17.5. The van der Waals surface area contributed by atoms with Crippen molar-refractivity contribution in [2.45, 2.75) is 38.0 Å². The van der Waals surface area contributed by atoms with Crippen LogP contribution in [0.1, 0.15) is 42.9 Å². The van der Waals surface area contributed by atoms with E-state index in [0.29, 0.717) is 32.1 Å². The van der Waals surface area contributed by atoms with E-state index in [1.165, 1.54) is 18.4 Å². The fourth-order valence-electron chi connectivity index (χ4n) is 3.33. The lowest BCUT2D eigenvalue weighted by atomic mass is 10.0. The second-order valence-electron chi connectivity index (χ2n) is 6.76. The number of urea groups is 1. The van der Waals surface area contributed by atoms with E-state index in [-0.39, 0.29) is 12.5 Å². The van der Waals surface area contributed by atoms with E-state index in [4.69, 9.17) is 10.1 Å². The summed E-state index contributed by atoms with van der Waals surface area (Å²) in [5.74, 6) is 0.680. The van der Waals surface area contributed by atoms with Gasteiger partial charge in [0, 0.05) is 38.9 Å². The molecular formula is C18H26N4O3. The molecule has 2 amide bonds. The Morgan fingerprint density at radius 1 is 1.28 bits per heavy atom. The number of hydrogen-bond acceptors (Lipinski definition) is 4. The maximum atomic E-state index is 12.3. The molecule has 1 aliphatic carbocycles. The minimum Gasteiger partial charge on any atom is -0.481 e. The lowest BCUT2D eigenvalue weighted by molar-refractivity contribution is -0.137. The van der Waals surface area contributed by atoms with Crippen LogP contribution in [0.15, 0.2) is 12.1 Å². The van der Waals surface area contributed by atoms with Gasteiger partial charge in [-0.2, -0.15) is 0 Å². The normalized spacial score (nSPS) is 17.2. The molecule has 1 aromatic heterocycles. The number of carboxylic acids is 1. The molecule has 2 aliphatic rings. The number of aromatic nitrogens is 1. The summed E-state index contributed by atoms with van der Waals surface area (Å²) in [6.07, 6.45) is 4.23. The zero-order valence-electron chi connectivity index (χ0n) is 14.7. The van der Waals surface area contributed by atoms with Gasteiger partial charge in [0.25, 0.3) is 0 Å². The number of amides is 2. The van der Waals surface area contributed by atoms with Crippen molar-refractivity contribution in [1.82, 2.24) is 14.8 Å². The van der Waals surface area contributed by atoms with Gasteiger partial charge < -0.3 is 20.2 Å². The van der Waals surface area contributed by atoms with Crippen LogP contribution in [-0.4, -0.2) is 65.1 Å². The zero-order valence-corrected chi connectivity index (χ0v) is 14.7. The number of carbonyl (C=O) groups is 2. The summed E-state index contributed by atoms with van der Waals surface area (Å²) in [5, 5.41) is 11.8. The van der Waals surface area contributed by atoms with Crippen molar-refractivity contribution in [2.24, 2.45) is 0 Å². The first-order valence-electron chi connectivity index (χ1n) is 9.01. The molecule has 0 spiro atoms. The molecule has 0 unspecified atom stereocenters. The minimum atomic E-state index is -0.866. The van der Waals surface area contributed by atoms with Crippen LogP contribution in [0.4, 0.5) is 10.6 Å². The summed E-state index contributed by atoms with van der Waals surface area (Å²) in [7, 11) is 1.87. The van der Waals surface area contributed by atoms with Crippen LogP contribution in [-0.2, 0) is 11.2 Å². The maximum Gasteiger partial charge on any atom is 0.320 e. The van der Waals surface area contributed by atoms with Gasteiger partial charge in [-0.05, 0) is 43.2 Å². The van der Waals surface area contributed by atoms with Crippen molar-refractivity contribution in [2.75, 3.05) is 38.5 Å². The minimum absolute atomic E-state index is 0.00502. The van der Waals surface area contributed by atoms with Crippen molar-refractivity contribution < 1.29 is 14.7 Å². The van der Waals surface area contributed by atoms with Crippen LogP contribution in [0.2, 0.25) is 0 Å². The first-order chi connectivity index (χ1) is 12.1. The topological polar surface area (TPSA) is 85.8 Å². The molecule has 1 aliphatic heterocycles. The smallest absolute Gasteiger partial charge is 0.320 e. The summed E-state index contributed by atoms with van der Waals surface area (Å²) >= 11 is 0. The number of nitrogens with one attached hydrogen (secondary N) is 1. The monoisotopic (exact) mass is 346 g/mol. The van der Waals surface area contributed by atoms with E-state index in [0.717, 1.165) is 24.4 Å². The standard InChI is InChI=1S/C18H26N4O3/c1-19-16-7-6-14(13-4-5-13)15(20-16)3-2-9-21-11-12-22(18(21)25)10-8-17(23)24/h6-7,13H,2-5,8-12H2,1H3,(H,19,20)(H,23,24). The molecule has 0 atom stereocenters. The summed E-state index contributed by atoms with van der Waals surface area (Å²) in [5.41, 5.74) is 2.50. The molecule has 1 saturated carbocycles. The van der Waals surface area contributed by atoms with Gasteiger partial charge in [0.1, 0.15) is 5.82 Å². The highest BCUT2D eigenvalue weighted by atomic mass is 16.4. The third kappa shape index (κ3) is 4.41. The van der Waals surface area contributed by atoms with E-state index >= 15 is 0 Å². The molecule has 3 rings (SSSR count). The number of aliphatic carboxylic acids is 1. The van der Waals surface area contributed by atoms with Crippen LogP contribution in [0.3, 0.4) is 0 Å². The average Bonchev–Trinajstić information content (AvgIpc) is 3.38. The van der Waals surface area contributed by atoms with Crippen LogP contribution in [0.25, 0.3) is 0 Å². The third-order valence-corrected chi connectivity index (χ3v) is 4.90. The summed E-state index contributed by atoms with van der Waals surface area (Å²) < 4.78 is 0. The van der Waals surface area contributed by atoms with Gasteiger partial charge in [0.05, 0.1) is 6.42 Å². The van der Waals surface area contributed by atoms with E-state index < -0.39 is 5.97 Å². The number of nitrogens with zero attached hydrogens (tertiary/aromatic N) is 3. The fourth-order valence-corrected chi connectivity index (χ4v) is 3.33. The van der Waals surface area contributed by atoms with Crippen LogP contribution in [0.5, 0.6) is 0 Å². The molecule has 7 heteroatoms. The number of rotatable bonds is 9. The fraction of sp³-hybridized carbons (Fsp3) is 0.611. The molecule has 7 nitrogen and oxygen atoms in total. The Morgan fingerprint density at radius 2 is 2.00 bits per heavy atom. The third-order valence-electron chi connectivity index (χ3n) is 4.90. The Bertz CT molecular complexity index is 645. The van der Waals surface area contributed by atoms with Crippen molar-refractivity contribution in [3.63, 3.8) is 0 Å². The molecule has 1 saturated heterocycles. The molecule has 2 N–H and O–H groups in total. The number of carboxylic acid groups (broad SMARTS) is 1. The van der Waals surface area contributed by atoms with Crippen LogP contribution in [0, 0.1) is 0 Å². The number of aryl methyl sites for hydroxylation is 1. The van der Waals surface area contributed by atoms with Gasteiger partial charge in [0.15, 0.2) is 0 Å². The largest absolute Gasteiger partial charge is 0.481 e. The van der Waals surface area contributed by atoms with Gasteiger partial charge in [-0.1, -0.05) is 6.07 Å². The molecule has 2 fully saturated rings. The summed E-state index contributed by atoms with van der Waals surface area (Å²) in [6, 6.07) is 4.17. The Kier molecular flexibility index (Phi) is 5.40.